The molecule has 0 radical (unpaired) electrons. The minimum atomic E-state index is -0.207. The third-order valence-electron chi connectivity index (χ3n) is 4.43. The fourth-order valence-electron chi connectivity index (χ4n) is 3.29. The Morgan fingerprint density at radius 2 is 1.70 bits per heavy atom. The van der Waals surface area contributed by atoms with Gasteiger partial charge in [0, 0.05) is 6.42 Å². The highest BCUT2D eigenvalue weighted by Gasteiger charge is 2.20. The zero-order valence-electron chi connectivity index (χ0n) is 13.2. The van der Waals surface area contributed by atoms with Gasteiger partial charge in [-0.25, -0.2) is 4.39 Å². The summed E-state index contributed by atoms with van der Waals surface area (Å²) >= 11 is 0. The third kappa shape index (κ3) is 2.40. The van der Waals surface area contributed by atoms with Crippen molar-refractivity contribution in [2.24, 2.45) is 0 Å². The smallest absolute Gasteiger partial charge is 0.130 e. The largest absolute Gasteiger partial charge is 0.462 e. The summed E-state index contributed by atoms with van der Waals surface area (Å²) in [6.45, 7) is 4.06. The summed E-state index contributed by atoms with van der Waals surface area (Å²) in [5.74, 6) is 1.65. The summed E-state index contributed by atoms with van der Waals surface area (Å²) in [4.78, 5) is 0. The molecule has 2 aromatic carbocycles. The molecule has 0 saturated carbocycles. The van der Waals surface area contributed by atoms with Gasteiger partial charge in [-0.1, -0.05) is 24.3 Å². The second-order valence-electron chi connectivity index (χ2n) is 6.09. The molecule has 0 spiro atoms. The number of furan rings is 1. The Balaban J connectivity index is 1.85. The van der Waals surface area contributed by atoms with Gasteiger partial charge in [0.2, 0.25) is 0 Å². The van der Waals surface area contributed by atoms with Crippen LogP contribution in [0.15, 0.2) is 52.9 Å². The molecule has 0 fully saturated rings. The molecular weight excluding hydrogens is 287 g/mol. The Kier molecular flexibility index (Phi) is 3.19. The molecule has 3 aromatic rings. The average Bonchev–Trinajstić information content (AvgIpc) is 3.14. The van der Waals surface area contributed by atoms with E-state index in [1.54, 1.807) is 0 Å². The first kappa shape index (κ1) is 14.0. The van der Waals surface area contributed by atoms with Crippen molar-refractivity contribution in [2.75, 3.05) is 0 Å². The first-order valence-electron chi connectivity index (χ1n) is 7.77. The Labute approximate surface area is 135 Å². The second kappa shape index (κ2) is 5.24. The summed E-state index contributed by atoms with van der Waals surface area (Å²) in [6, 6.07) is 15.1. The molecule has 4 rings (SSSR count). The molecule has 0 saturated heterocycles. The Morgan fingerprint density at radius 3 is 2.39 bits per heavy atom. The molecule has 0 unspecified atom stereocenters. The first-order chi connectivity index (χ1) is 11.1. The van der Waals surface area contributed by atoms with Gasteiger partial charge >= 0.3 is 0 Å². The van der Waals surface area contributed by atoms with Crippen molar-refractivity contribution in [1.29, 1.82) is 0 Å². The number of aryl methyl sites for hydroxylation is 2. The van der Waals surface area contributed by atoms with E-state index in [-0.39, 0.29) is 5.82 Å². The average molecular weight is 304 g/mol. The van der Waals surface area contributed by atoms with E-state index in [0.29, 0.717) is 0 Å². The van der Waals surface area contributed by atoms with E-state index in [0.717, 1.165) is 23.5 Å². The summed E-state index contributed by atoms with van der Waals surface area (Å²) in [6.07, 6.45) is 3.08. The fraction of sp³-hybridized carbons (Fsp3) is 0.143. The number of allylic oxidation sites excluding steroid dienone is 1. The zero-order valence-corrected chi connectivity index (χ0v) is 13.2. The van der Waals surface area contributed by atoms with Crippen molar-refractivity contribution in [2.45, 2.75) is 20.3 Å². The Morgan fingerprint density at radius 1 is 0.913 bits per heavy atom. The van der Waals surface area contributed by atoms with Crippen LogP contribution in [0.25, 0.3) is 22.8 Å². The van der Waals surface area contributed by atoms with Crippen molar-refractivity contribution < 1.29 is 8.81 Å². The van der Waals surface area contributed by atoms with Crippen LogP contribution in [-0.4, -0.2) is 0 Å². The SMILES string of the molecule is Cc1ccc(C2=Cc3c(ccc(C)c3-c3ccc(F)cc3)C2)o1. The number of hydrogen-bond acceptors (Lipinski definition) is 1. The van der Waals surface area contributed by atoms with E-state index in [2.05, 4.69) is 25.1 Å². The highest BCUT2D eigenvalue weighted by molar-refractivity contribution is 5.93. The van der Waals surface area contributed by atoms with Crippen molar-refractivity contribution in [3.05, 3.63) is 82.6 Å². The number of hydrogen-bond donors (Lipinski definition) is 0. The van der Waals surface area contributed by atoms with Crippen molar-refractivity contribution in [3.63, 3.8) is 0 Å². The monoisotopic (exact) mass is 304 g/mol. The molecule has 1 aliphatic carbocycles. The number of rotatable bonds is 2. The van der Waals surface area contributed by atoms with Gasteiger partial charge in [-0.3, -0.25) is 0 Å². The van der Waals surface area contributed by atoms with E-state index in [4.69, 9.17) is 4.42 Å². The van der Waals surface area contributed by atoms with Crippen LogP contribution in [0.2, 0.25) is 0 Å². The van der Waals surface area contributed by atoms with Gasteiger partial charge < -0.3 is 4.42 Å². The summed E-state index contributed by atoms with van der Waals surface area (Å²) in [7, 11) is 0. The Bertz CT molecular complexity index is 914. The highest BCUT2D eigenvalue weighted by Crippen LogP contribution is 2.39. The predicted octanol–water partition coefficient (Wildman–Crippen LogP) is 5.80. The maximum atomic E-state index is 13.2. The summed E-state index contributed by atoms with van der Waals surface area (Å²) in [5, 5.41) is 0. The summed E-state index contributed by atoms with van der Waals surface area (Å²) < 4.78 is 19.0. The Hall–Kier alpha value is -2.61. The summed E-state index contributed by atoms with van der Waals surface area (Å²) in [5.41, 5.74) is 7.14. The van der Waals surface area contributed by atoms with E-state index in [1.165, 1.54) is 40.0 Å². The predicted molar refractivity (Wildman–Crippen MR) is 91.6 cm³/mol. The minimum absolute atomic E-state index is 0.207. The van der Waals surface area contributed by atoms with Crippen LogP contribution in [0.5, 0.6) is 0 Å². The van der Waals surface area contributed by atoms with Crippen LogP contribution in [0.4, 0.5) is 4.39 Å². The van der Waals surface area contributed by atoms with Crippen LogP contribution in [0.3, 0.4) is 0 Å². The number of halogens is 1. The first-order valence-corrected chi connectivity index (χ1v) is 7.77. The standard InChI is InChI=1S/C21H17FO/c1-13-3-5-16-11-17(20-10-4-14(2)23-20)12-19(16)21(13)15-6-8-18(22)9-7-15/h3-10,12H,11H2,1-2H3. The molecule has 0 bridgehead atoms. The normalized spacial score (nSPS) is 13.1. The van der Waals surface area contributed by atoms with E-state index in [9.17, 15) is 4.39 Å². The second-order valence-corrected chi connectivity index (χ2v) is 6.09. The third-order valence-corrected chi connectivity index (χ3v) is 4.43. The molecule has 23 heavy (non-hydrogen) atoms. The van der Waals surface area contributed by atoms with Crippen LogP contribution in [-0.2, 0) is 6.42 Å². The van der Waals surface area contributed by atoms with Gasteiger partial charge in [0.15, 0.2) is 0 Å². The van der Waals surface area contributed by atoms with Crippen molar-refractivity contribution in [3.8, 4) is 11.1 Å². The molecule has 0 N–H and O–H groups in total. The lowest BCUT2D eigenvalue weighted by atomic mass is 9.93. The maximum Gasteiger partial charge on any atom is 0.130 e. The topological polar surface area (TPSA) is 13.1 Å². The highest BCUT2D eigenvalue weighted by atomic mass is 19.1. The van der Waals surface area contributed by atoms with Crippen molar-refractivity contribution in [1.82, 2.24) is 0 Å². The molecule has 114 valence electrons. The van der Waals surface area contributed by atoms with Crippen LogP contribution < -0.4 is 0 Å². The van der Waals surface area contributed by atoms with Crippen LogP contribution >= 0.6 is 0 Å². The van der Waals surface area contributed by atoms with Gasteiger partial charge in [-0.05, 0) is 77.6 Å². The van der Waals surface area contributed by atoms with E-state index in [1.807, 2.05) is 31.2 Å². The molecule has 2 heteroatoms. The number of benzene rings is 2. The van der Waals surface area contributed by atoms with Gasteiger partial charge in [-0.15, -0.1) is 0 Å². The van der Waals surface area contributed by atoms with Crippen LogP contribution in [0.1, 0.15) is 28.2 Å². The fourth-order valence-corrected chi connectivity index (χ4v) is 3.29. The molecular formula is C21H17FO. The van der Waals surface area contributed by atoms with E-state index >= 15 is 0 Å². The molecule has 1 aliphatic rings. The lowest BCUT2D eigenvalue weighted by Crippen LogP contribution is -1.91. The van der Waals surface area contributed by atoms with Gasteiger partial charge in [0.25, 0.3) is 0 Å². The van der Waals surface area contributed by atoms with Gasteiger partial charge in [0.05, 0.1) is 0 Å². The molecule has 0 aliphatic heterocycles. The number of fused-ring (bicyclic) bond motifs is 1. The molecule has 1 aromatic heterocycles. The lowest BCUT2D eigenvalue weighted by molar-refractivity contribution is 0.521. The minimum Gasteiger partial charge on any atom is -0.462 e. The maximum absolute atomic E-state index is 13.2. The van der Waals surface area contributed by atoms with Gasteiger partial charge in [0.1, 0.15) is 17.3 Å². The lowest BCUT2D eigenvalue weighted by Gasteiger charge is -2.11. The van der Waals surface area contributed by atoms with Crippen molar-refractivity contribution >= 4 is 11.6 Å². The quantitative estimate of drug-likeness (QED) is 0.583. The zero-order chi connectivity index (χ0) is 16.0. The molecule has 0 amide bonds. The van der Waals surface area contributed by atoms with E-state index < -0.39 is 0 Å². The molecule has 1 nitrogen and oxygen atoms in total. The molecule has 1 heterocycles. The van der Waals surface area contributed by atoms with Gasteiger partial charge in [-0.2, -0.15) is 0 Å². The van der Waals surface area contributed by atoms with Crippen LogP contribution in [0, 0.1) is 19.7 Å². The molecule has 0 atom stereocenters.